The third kappa shape index (κ3) is 3.39. The van der Waals surface area contributed by atoms with E-state index < -0.39 is 0 Å². The number of ether oxygens (including phenoxy) is 1. The van der Waals surface area contributed by atoms with Crippen LogP contribution in [0.2, 0.25) is 0 Å². The quantitative estimate of drug-likeness (QED) is 0.846. The molecule has 3 heterocycles. The largest absolute Gasteiger partial charge is 0.458 e. The van der Waals surface area contributed by atoms with Gasteiger partial charge in [0.05, 0.1) is 6.54 Å². The summed E-state index contributed by atoms with van der Waals surface area (Å²) in [6.45, 7) is 1.80. The van der Waals surface area contributed by atoms with E-state index in [0.29, 0.717) is 25.3 Å². The van der Waals surface area contributed by atoms with Gasteiger partial charge in [0.1, 0.15) is 11.4 Å². The van der Waals surface area contributed by atoms with Crippen molar-refractivity contribution in [3.05, 3.63) is 24.4 Å². The Kier molecular flexibility index (Phi) is 3.88. The minimum atomic E-state index is -0.361. The molecule has 1 spiro atoms. The smallest absolute Gasteiger partial charge is 0.306 e. The van der Waals surface area contributed by atoms with Crippen LogP contribution in [0.1, 0.15) is 25.7 Å². The molecular weight excluding hydrogens is 270 g/mol. The van der Waals surface area contributed by atoms with Crippen LogP contribution in [-0.2, 0) is 14.3 Å². The highest BCUT2D eigenvalue weighted by molar-refractivity contribution is 5.91. The monoisotopic (exact) mass is 289 g/mol. The Morgan fingerprint density at radius 3 is 3.05 bits per heavy atom. The summed E-state index contributed by atoms with van der Waals surface area (Å²) in [6, 6.07) is 5.39. The number of amides is 1. The Morgan fingerprint density at radius 2 is 2.33 bits per heavy atom. The average molecular weight is 289 g/mol. The summed E-state index contributed by atoms with van der Waals surface area (Å²) in [6.07, 6.45) is 4.75. The Hall–Kier alpha value is -1.95. The van der Waals surface area contributed by atoms with Gasteiger partial charge in [-0.1, -0.05) is 6.07 Å². The van der Waals surface area contributed by atoms with E-state index in [1.54, 1.807) is 18.3 Å². The van der Waals surface area contributed by atoms with Gasteiger partial charge in [-0.3, -0.25) is 14.5 Å². The first-order valence-corrected chi connectivity index (χ1v) is 7.30. The first-order chi connectivity index (χ1) is 10.2. The maximum Gasteiger partial charge on any atom is 0.306 e. The molecule has 6 heteroatoms. The van der Waals surface area contributed by atoms with Gasteiger partial charge >= 0.3 is 5.97 Å². The molecule has 0 aliphatic carbocycles. The molecule has 2 aliphatic heterocycles. The molecule has 2 saturated heterocycles. The molecular formula is C15H19N3O3. The number of carbonyl (C=O) groups excluding carboxylic acids is 2. The zero-order chi connectivity index (χ0) is 14.7. The Bertz CT molecular complexity index is 534. The van der Waals surface area contributed by atoms with E-state index in [2.05, 4.69) is 15.2 Å². The third-order valence-corrected chi connectivity index (χ3v) is 4.03. The number of nitrogens with one attached hydrogen (secondary N) is 1. The van der Waals surface area contributed by atoms with Gasteiger partial charge in [-0.15, -0.1) is 0 Å². The molecule has 1 N–H and O–H groups in total. The summed E-state index contributed by atoms with van der Waals surface area (Å²) in [5.41, 5.74) is -0.361. The summed E-state index contributed by atoms with van der Waals surface area (Å²) < 4.78 is 5.50. The fraction of sp³-hybridized carbons (Fsp3) is 0.533. The molecule has 2 aliphatic rings. The first-order valence-electron chi connectivity index (χ1n) is 7.30. The van der Waals surface area contributed by atoms with Crippen molar-refractivity contribution >= 4 is 17.7 Å². The second-order valence-electron chi connectivity index (χ2n) is 5.73. The van der Waals surface area contributed by atoms with Crippen molar-refractivity contribution in [2.24, 2.45) is 0 Å². The molecule has 21 heavy (non-hydrogen) atoms. The lowest BCUT2D eigenvalue weighted by atomic mass is 9.90. The van der Waals surface area contributed by atoms with Crippen molar-refractivity contribution < 1.29 is 14.3 Å². The summed E-state index contributed by atoms with van der Waals surface area (Å²) >= 11 is 0. The molecule has 0 radical (unpaired) electrons. The molecule has 2 fully saturated rings. The van der Waals surface area contributed by atoms with Gasteiger partial charge in [0, 0.05) is 19.2 Å². The highest BCUT2D eigenvalue weighted by atomic mass is 16.6. The van der Waals surface area contributed by atoms with E-state index in [1.807, 2.05) is 6.07 Å². The predicted molar refractivity (Wildman–Crippen MR) is 76.6 cm³/mol. The Morgan fingerprint density at radius 1 is 1.43 bits per heavy atom. The zero-order valence-electron chi connectivity index (χ0n) is 11.9. The van der Waals surface area contributed by atoms with Crippen molar-refractivity contribution in [2.45, 2.75) is 31.3 Å². The standard InChI is InChI=1S/C15H19N3O3/c19-13(17-12-4-1-2-8-16-12)10-18-9-3-6-15(11-18)7-5-14(20)21-15/h1-2,4,8H,3,5-7,9-11H2,(H,16,17,19). The number of hydrogen-bond donors (Lipinski definition) is 1. The van der Waals surface area contributed by atoms with E-state index in [1.165, 1.54) is 0 Å². The molecule has 112 valence electrons. The number of pyridine rings is 1. The van der Waals surface area contributed by atoms with Crippen LogP contribution in [0, 0.1) is 0 Å². The number of anilines is 1. The molecule has 3 rings (SSSR count). The van der Waals surface area contributed by atoms with Gasteiger partial charge in [0.2, 0.25) is 5.91 Å². The van der Waals surface area contributed by atoms with Crippen molar-refractivity contribution in [1.29, 1.82) is 0 Å². The summed E-state index contributed by atoms with van der Waals surface area (Å²) in [7, 11) is 0. The minimum Gasteiger partial charge on any atom is -0.458 e. The molecule has 1 aromatic heterocycles. The van der Waals surface area contributed by atoms with Crippen LogP contribution in [0.25, 0.3) is 0 Å². The minimum absolute atomic E-state index is 0.0879. The van der Waals surface area contributed by atoms with Crippen LogP contribution >= 0.6 is 0 Å². The average Bonchev–Trinajstić information content (AvgIpc) is 2.80. The zero-order valence-corrected chi connectivity index (χ0v) is 11.9. The third-order valence-electron chi connectivity index (χ3n) is 4.03. The number of piperidine rings is 1. The molecule has 0 aromatic carbocycles. The van der Waals surface area contributed by atoms with Crippen LogP contribution < -0.4 is 5.32 Å². The number of esters is 1. The first kappa shape index (κ1) is 14.0. The lowest BCUT2D eigenvalue weighted by molar-refractivity contribution is -0.152. The van der Waals surface area contributed by atoms with E-state index in [9.17, 15) is 9.59 Å². The number of rotatable bonds is 3. The van der Waals surface area contributed by atoms with Crippen LogP contribution in [0.15, 0.2) is 24.4 Å². The molecule has 1 aromatic rings. The molecule has 1 atom stereocenters. The van der Waals surface area contributed by atoms with Crippen LogP contribution in [0.5, 0.6) is 0 Å². The summed E-state index contributed by atoms with van der Waals surface area (Å²) in [5, 5.41) is 2.78. The van der Waals surface area contributed by atoms with Gasteiger partial charge in [0.15, 0.2) is 0 Å². The normalized spacial score (nSPS) is 25.8. The van der Waals surface area contributed by atoms with Crippen molar-refractivity contribution in [3.63, 3.8) is 0 Å². The van der Waals surface area contributed by atoms with Crippen LogP contribution in [0.3, 0.4) is 0 Å². The molecule has 0 bridgehead atoms. The number of hydrogen-bond acceptors (Lipinski definition) is 5. The Labute approximate surface area is 123 Å². The number of aromatic nitrogens is 1. The molecule has 1 unspecified atom stereocenters. The van der Waals surface area contributed by atoms with Gasteiger partial charge in [-0.05, 0) is 37.9 Å². The SMILES string of the molecule is O=C(CN1CCCC2(CCC(=O)O2)C1)Nc1ccccn1. The summed E-state index contributed by atoms with van der Waals surface area (Å²) in [5.74, 6) is 0.353. The van der Waals surface area contributed by atoms with E-state index in [0.717, 1.165) is 25.8 Å². The number of likely N-dealkylation sites (tertiary alicyclic amines) is 1. The topological polar surface area (TPSA) is 71.5 Å². The summed E-state index contributed by atoms with van der Waals surface area (Å²) in [4.78, 5) is 29.5. The van der Waals surface area contributed by atoms with Crippen LogP contribution in [-0.4, -0.2) is 47.0 Å². The van der Waals surface area contributed by atoms with E-state index in [4.69, 9.17) is 4.74 Å². The highest BCUT2D eigenvalue weighted by Crippen LogP contribution is 2.34. The van der Waals surface area contributed by atoms with Gasteiger partial charge in [-0.25, -0.2) is 4.98 Å². The lowest BCUT2D eigenvalue weighted by Gasteiger charge is -2.38. The van der Waals surface area contributed by atoms with Crippen molar-refractivity contribution in [1.82, 2.24) is 9.88 Å². The fourth-order valence-corrected chi connectivity index (χ4v) is 3.11. The second kappa shape index (κ2) is 5.81. The maximum atomic E-state index is 12.0. The maximum absolute atomic E-state index is 12.0. The van der Waals surface area contributed by atoms with Gasteiger partial charge < -0.3 is 10.1 Å². The van der Waals surface area contributed by atoms with Crippen molar-refractivity contribution in [2.75, 3.05) is 25.0 Å². The molecule has 1 amide bonds. The predicted octanol–water partition coefficient (Wildman–Crippen LogP) is 1.19. The number of carbonyl (C=O) groups is 2. The molecule has 6 nitrogen and oxygen atoms in total. The van der Waals surface area contributed by atoms with E-state index in [-0.39, 0.29) is 17.5 Å². The van der Waals surface area contributed by atoms with Gasteiger partial charge in [-0.2, -0.15) is 0 Å². The lowest BCUT2D eigenvalue weighted by Crippen LogP contribution is -2.50. The van der Waals surface area contributed by atoms with E-state index >= 15 is 0 Å². The Balaban J connectivity index is 1.55. The van der Waals surface area contributed by atoms with Crippen molar-refractivity contribution in [3.8, 4) is 0 Å². The van der Waals surface area contributed by atoms with Gasteiger partial charge in [0.25, 0.3) is 0 Å². The second-order valence-corrected chi connectivity index (χ2v) is 5.73. The van der Waals surface area contributed by atoms with Crippen LogP contribution in [0.4, 0.5) is 5.82 Å². The number of nitrogens with zero attached hydrogens (tertiary/aromatic N) is 2. The molecule has 0 saturated carbocycles. The fourth-order valence-electron chi connectivity index (χ4n) is 3.11. The highest BCUT2D eigenvalue weighted by Gasteiger charge is 2.43.